The first-order chi connectivity index (χ1) is 38.7. The van der Waals surface area contributed by atoms with Crippen LogP contribution in [0.2, 0.25) is 0 Å². The molecule has 1 aliphatic heterocycles. The lowest BCUT2D eigenvalue weighted by atomic mass is 9.99. The van der Waals surface area contributed by atoms with Crippen LogP contribution in [0.4, 0.5) is 0 Å². The van der Waals surface area contributed by atoms with Gasteiger partial charge in [-0.25, -0.2) is 0 Å². The highest BCUT2D eigenvalue weighted by Crippen LogP contribution is 2.26. The highest BCUT2D eigenvalue weighted by Gasteiger charge is 2.47. The van der Waals surface area contributed by atoms with E-state index in [2.05, 4.69) is 105 Å². The maximum Gasteiger partial charge on any atom is 0.306 e. The van der Waals surface area contributed by atoms with Crippen LogP contribution in [-0.2, 0) is 23.8 Å². The van der Waals surface area contributed by atoms with Crippen LogP contribution >= 0.6 is 0 Å². The minimum Gasteiger partial charge on any atom is -0.454 e. The molecule has 0 spiro atoms. The Morgan fingerprint density at radius 1 is 0.519 bits per heavy atom. The van der Waals surface area contributed by atoms with Gasteiger partial charge in [-0.05, 0) is 96.3 Å². The van der Waals surface area contributed by atoms with Crippen LogP contribution in [0.25, 0.3) is 0 Å². The van der Waals surface area contributed by atoms with Gasteiger partial charge in [0.2, 0.25) is 5.91 Å². The molecular weight excluding hydrogens is 991 g/mol. The van der Waals surface area contributed by atoms with E-state index in [0.717, 1.165) is 109 Å². The topological polar surface area (TPSA) is 175 Å². The van der Waals surface area contributed by atoms with Crippen molar-refractivity contribution in [3.63, 3.8) is 0 Å². The second-order valence-corrected chi connectivity index (χ2v) is 20.4. The summed E-state index contributed by atoms with van der Waals surface area (Å²) in [5.74, 6) is -1.28. The molecule has 0 saturated carbocycles. The molecule has 8 unspecified atom stereocenters. The average molecular weight is 1100 g/mol. The van der Waals surface area contributed by atoms with Gasteiger partial charge < -0.3 is 45.1 Å². The molecule has 0 radical (unpaired) electrons. The van der Waals surface area contributed by atoms with Gasteiger partial charge in [-0.3, -0.25) is 9.59 Å². The van der Waals surface area contributed by atoms with Crippen molar-refractivity contribution in [1.29, 1.82) is 0 Å². The van der Waals surface area contributed by atoms with Gasteiger partial charge in [0.1, 0.15) is 24.4 Å². The van der Waals surface area contributed by atoms with Crippen LogP contribution in [0.3, 0.4) is 0 Å². The minimum absolute atomic E-state index is 0.0785. The number of nitrogens with one attached hydrogen (secondary N) is 1. The van der Waals surface area contributed by atoms with E-state index in [9.17, 15) is 35.1 Å². The summed E-state index contributed by atoms with van der Waals surface area (Å²) in [5, 5.41) is 56.9. The molecule has 1 saturated heterocycles. The van der Waals surface area contributed by atoms with E-state index in [0.29, 0.717) is 12.8 Å². The van der Waals surface area contributed by atoms with Crippen molar-refractivity contribution in [2.45, 2.75) is 256 Å². The Kier molecular flexibility index (Phi) is 49.7. The highest BCUT2D eigenvalue weighted by atomic mass is 16.7. The zero-order valence-electron chi connectivity index (χ0n) is 49.2. The van der Waals surface area contributed by atoms with Crippen LogP contribution < -0.4 is 5.32 Å². The van der Waals surface area contributed by atoms with Crippen molar-refractivity contribution in [2.75, 3.05) is 13.2 Å². The standard InChI is InChI=1S/C68H109NO10/c1-4-7-10-13-16-19-22-25-27-28-29-30-31-32-33-34-35-38-41-44-47-50-53-56-63(73)79-66-65(75)64(74)62(57-70)78-68(66)77-58-59(60(71)54-51-48-45-42-39-36-24-21-18-15-12-9-6-3)69-67(76)61(72)55-52-49-46-43-40-37-26-23-20-17-14-11-8-5-2/h7-8,10-11,14,16-17,19-20,23,25-27,29-30,32-33,35,37-38,40,43,51,54,59-62,64-66,68,70-72,74-75H,4-6,9,12-13,15,18,21-22,24,28,31,34,36,39,41-42,44-50,52-53,55-58H2,1-3H3,(H,69,76)/b10-7-,11-8+,17-14+,19-16-,23-20-,27-25-,30-29-,33-32-,37-26-,38-35-,43-40+,54-51+. The Labute approximate surface area is 479 Å². The van der Waals surface area contributed by atoms with Gasteiger partial charge >= 0.3 is 5.97 Å². The Balaban J connectivity index is 2.73. The van der Waals surface area contributed by atoms with Crippen molar-refractivity contribution < 1.29 is 49.3 Å². The Hall–Kier alpha value is -4.46. The summed E-state index contributed by atoms with van der Waals surface area (Å²) in [5.41, 5.74) is 0. The first kappa shape index (κ1) is 72.6. The molecule has 1 aliphatic rings. The fourth-order valence-electron chi connectivity index (χ4n) is 8.56. The molecule has 446 valence electrons. The Morgan fingerprint density at radius 3 is 1.52 bits per heavy atom. The van der Waals surface area contributed by atoms with E-state index < -0.39 is 67.4 Å². The maximum atomic E-state index is 13.4. The number of rotatable bonds is 49. The highest BCUT2D eigenvalue weighted by molar-refractivity contribution is 5.80. The van der Waals surface area contributed by atoms with Gasteiger partial charge in [0.15, 0.2) is 12.4 Å². The molecule has 11 nitrogen and oxygen atoms in total. The number of carbonyl (C=O) groups excluding carboxylic acids is 2. The number of carbonyl (C=O) groups is 2. The molecule has 1 heterocycles. The minimum atomic E-state index is -1.64. The van der Waals surface area contributed by atoms with Crippen molar-refractivity contribution in [2.24, 2.45) is 0 Å². The van der Waals surface area contributed by atoms with E-state index in [1.165, 1.54) is 51.4 Å². The summed E-state index contributed by atoms with van der Waals surface area (Å²) >= 11 is 0. The third-order valence-electron chi connectivity index (χ3n) is 13.4. The Morgan fingerprint density at radius 2 is 0.975 bits per heavy atom. The third kappa shape index (κ3) is 42.1. The van der Waals surface area contributed by atoms with E-state index in [4.69, 9.17) is 14.2 Å². The summed E-state index contributed by atoms with van der Waals surface area (Å²) in [6, 6.07) is -1.06. The molecule has 11 heteroatoms. The Bertz CT molecular complexity index is 1840. The fraction of sp³-hybridized carbons (Fsp3) is 0.618. The lowest BCUT2D eigenvalue weighted by Crippen LogP contribution is -2.61. The quantitative estimate of drug-likeness (QED) is 0.0149. The number of ether oxygens (including phenoxy) is 3. The van der Waals surface area contributed by atoms with Gasteiger partial charge in [-0.15, -0.1) is 0 Å². The SMILES string of the molecule is CC/C=C\C/C=C\C/C=C\C/C=C\C/C=C\C/C=C\CCCCCCC(=O)OC1C(OCC(NC(=O)C(O)CCCC/C=C/C=C\C=C/C=C/C=C/CC)C(O)/C=C/CCCCCCCCCCCCC)OC(CO)C(O)C1O. The number of aliphatic hydroxyl groups is 5. The molecule has 79 heavy (non-hydrogen) atoms. The number of allylic oxidation sites excluding steroid dienone is 23. The van der Waals surface area contributed by atoms with Gasteiger partial charge in [0.05, 0.1) is 25.4 Å². The summed E-state index contributed by atoms with van der Waals surface area (Å²) in [7, 11) is 0. The lowest BCUT2D eigenvalue weighted by Gasteiger charge is -2.41. The lowest BCUT2D eigenvalue weighted by molar-refractivity contribution is -0.305. The van der Waals surface area contributed by atoms with E-state index >= 15 is 0 Å². The monoisotopic (exact) mass is 1100 g/mol. The number of esters is 1. The third-order valence-corrected chi connectivity index (χ3v) is 13.4. The number of hydrogen-bond donors (Lipinski definition) is 6. The van der Waals surface area contributed by atoms with Gasteiger partial charge in [0.25, 0.3) is 0 Å². The first-order valence-corrected chi connectivity index (χ1v) is 30.7. The van der Waals surface area contributed by atoms with Crippen molar-refractivity contribution >= 4 is 11.9 Å². The van der Waals surface area contributed by atoms with Crippen LogP contribution in [-0.4, -0.2) is 99.6 Å². The van der Waals surface area contributed by atoms with E-state index in [-0.39, 0.29) is 19.4 Å². The predicted molar refractivity (Wildman–Crippen MR) is 328 cm³/mol. The number of unbranched alkanes of at least 4 members (excludes halogenated alkanes) is 17. The molecule has 0 aromatic heterocycles. The van der Waals surface area contributed by atoms with E-state index in [1.807, 2.05) is 60.8 Å². The zero-order valence-corrected chi connectivity index (χ0v) is 49.2. The fourth-order valence-corrected chi connectivity index (χ4v) is 8.56. The second-order valence-electron chi connectivity index (χ2n) is 20.4. The molecule has 1 amide bonds. The summed E-state index contributed by atoms with van der Waals surface area (Å²) in [6.07, 6.45) is 67.4. The number of hydrogen-bond acceptors (Lipinski definition) is 10. The van der Waals surface area contributed by atoms with Gasteiger partial charge in [0, 0.05) is 6.42 Å². The molecule has 0 aromatic rings. The second kappa shape index (κ2) is 54.1. The first-order valence-electron chi connectivity index (χ1n) is 30.7. The molecule has 0 aromatic carbocycles. The van der Waals surface area contributed by atoms with Crippen molar-refractivity contribution in [3.05, 3.63) is 146 Å². The summed E-state index contributed by atoms with van der Waals surface area (Å²) in [4.78, 5) is 26.5. The molecule has 6 N–H and O–H groups in total. The molecule has 1 fully saturated rings. The van der Waals surface area contributed by atoms with E-state index in [1.54, 1.807) is 6.08 Å². The maximum absolute atomic E-state index is 13.4. The van der Waals surface area contributed by atoms with Crippen LogP contribution in [0.15, 0.2) is 146 Å². The molecule has 8 atom stereocenters. The van der Waals surface area contributed by atoms with Crippen LogP contribution in [0.5, 0.6) is 0 Å². The largest absolute Gasteiger partial charge is 0.454 e. The predicted octanol–water partition coefficient (Wildman–Crippen LogP) is 14.6. The van der Waals surface area contributed by atoms with Gasteiger partial charge in [-0.1, -0.05) is 250 Å². The average Bonchev–Trinajstić information content (AvgIpc) is 3.50. The molecule has 0 bridgehead atoms. The van der Waals surface area contributed by atoms with Crippen LogP contribution in [0, 0.1) is 0 Å². The summed E-state index contributed by atoms with van der Waals surface area (Å²) < 4.78 is 17.6. The molecule has 0 aliphatic carbocycles. The zero-order chi connectivity index (χ0) is 57.5. The smallest absolute Gasteiger partial charge is 0.306 e. The van der Waals surface area contributed by atoms with Crippen molar-refractivity contribution in [1.82, 2.24) is 5.32 Å². The van der Waals surface area contributed by atoms with Gasteiger partial charge in [-0.2, -0.15) is 0 Å². The number of amides is 1. The number of aliphatic hydroxyl groups excluding tert-OH is 5. The molecule has 1 rings (SSSR count). The molecular formula is C68H109NO10. The normalized spacial score (nSPS) is 19.9. The van der Waals surface area contributed by atoms with Crippen molar-refractivity contribution in [3.8, 4) is 0 Å². The van der Waals surface area contributed by atoms with Crippen LogP contribution in [0.1, 0.15) is 207 Å². The summed E-state index contributed by atoms with van der Waals surface area (Å²) in [6.45, 7) is 5.47.